The fourth-order valence-corrected chi connectivity index (χ4v) is 3.39. The summed E-state index contributed by atoms with van der Waals surface area (Å²) in [6.07, 6.45) is -2.68. The molecule has 0 aromatic carbocycles. The topological polar surface area (TPSA) is 65.5 Å². The minimum absolute atomic E-state index is 0.0619. The summed E-state index contributed by atoms with van der Waals surface area (Å²) >= 11 is 0. The zero-order valence-electron chi connectivity index (χ0n) is 13.1. The molecule has 2 aliphatic heterocycles. The smallest absolute Gasteiger partial charge is 0.317 e. The normalized spacial score (nSPS) is 21.0. The molecule has 1 aromatic rings. The van der Waals surface area contributed by atoms with Crippen LogP contribution in [0.4, 0.5) is 23.7 Å². The fraction of sp³-hybridized carbons (Fsp3) is 0.533. The lowest BCUT2D eigenvalue weighted by molar-refractivity contribution is -0.141. The van der Waals surface area contributed by atoms with E-state index in [1.165, 1.54) is 4.90 Å². The number of nitrogens with one attached hydrogen (secondary N) is 1. The van der Waals surface area contributed by atoms with Crippen LogP contribution < -0.4 is 10.2 Å². The highest BCUT2D eigenvalue weighted by Crippen LogP contribution is 2.38. The van der Waals surface area contributed by atoms with E-state index in [4.69, 9.17) is 0 Å². The number of alkyl halides is 3. The van der Waals surface area contributed by atoms with Crippen molar-refractivity contribution in [3.63, 3.8) is 0 Å². The third-order valence-electron chi connectivity index (χ3n) is 4.58. The molecule has 0 radical (unpaired) electrons. The third-order valence-corrected chi connectivity index (χ3v) is 4.58. The van der Waals surface area contributed by atoms with Crippen LogP contribution in [0.1, 0.15) is 25.5 Å². The molecule has 9 heteroatoms. The number of anilines is 1. The first-order valence-electron chi connectivity index (χ1n) is 7.71. The first-order chi connectivity index (χ1) is 11.3. The second-order valence-electron chi connectivity index (χ2n) is 5.85. The molecule has 0 saturated carbocycles. The second-order valence-corrected chi connectivity index (χ2v) is 5.85. The zero-order valence-corrected chi connectivity index (χ0v) is 13.1. The number of pyridine rings is 1. The van der Waals surface area contributed by atoms with Gasteiger partial charge in [-0.2, -0.15) is 13.2 Å². The van der Waals surface area contributed by atoms with Crippen LogP contribution in [0.3, 0.4) is 0 Å². The Bertz CT molecular complexity index is 654. The van der Waals surface area contributed by atoms with Gasteiger partial charge in [-0.25, -0.2) is 14.7 Å². The van der Waals surface area contributed by atoms with Crippen molar-refractivity contribution < 1.29 is 22.8 Å². The average molecular weight is 342 g/mol. The summed E-state index contributed by atoms with van der Waals surface area (Å²) < 4.78 is 37.9. The van der Waals surface area contributed by atoms with Crippen molar-refractivity contribution in [3.8, 4) is 0 Å². The van der Waals surface area contributed by atoms with E-state index in [1.54, 1.807) is 6.92 Å². The molecule has 6 nitrogen and oxygen atoms in total. The van der Waals surface area contributed by atoms with E-state index in [2.05, 4.69) is 10.3 Å². The van der Waals surface area contributed by atoms with Gasteiger partial charge in [0.05, 0.1) is 11.9 Å². The molecule has 1 N–H and O–H groups in total. The summed E-state index contributed by atoms with van der Waals surface area (Å²) in [6, 6.07) is 1.38. The van der Waals surface area contributed by atoms with Gasteiger partial charge in [0.2, 0.25) is 0 Å². The molecule has 0 aliphatic carbocycles. The standard InChI is InChI=1S/C15H17F3N4O2/c1-2-21-13(24)22(12(23)14(21)5-7-19-8-6-14)10-3-4-11(20-9-10)15(16,17)18/h3-4,9,19H,2,5-8H2,1H3. The van der Waals surface area contributed by atoms with Crippen molar-refractivity contribution in [2.45, 2.75) is 31.5 Å². The monoisotopic (exact) mass is 342 g/mol. The Morgan fingerprint density at radius 3 is 2.42 bits per heavy atom. The van der Waals surface area contributed by atoms with Gasteiger partial charge in [-0.15, -0.1) is 0 Å². The summed E-state index contributed by atoms with van der Waals surface area (Å²) in [4.78, 5) is 31.4. The highest BCUT2D eigenvalue weighted by atomic mass is 19.4. The van der Waals surface area contributed by atoms with E-state index in [9.17, 15) is 22.8 Å². The van der Waals surface area contributed by atoms with Crippen LogP contribution in [0, 0.1) is 0 Å². The number of aromatic nitrogens is 1. The molecule has 0 bridgehead atoms. The van der Waals surface area contributed by atoms with Crippen LogP contribution >= 0.6 is 0 Å². The number of halogens is 3. The molecule has 1 aromatic heterocycles. The average Bonchev–Trinajstić information content (AvgIpc) is 2.74. The molecule has 0 atom stereocenters. The van der Waals surface area contributed by atoms with E-state index < -0.39 is 29.3 Å². The summed E-state index contributed by atoms with van der Waals surface area (Å²) in [5.74, 6) is -0.391. The SMILES string of the molecule is CCN1C(=O)N(c2ccc(C(F)(F)F)nc2)C(=O)C12CCNCC2. The van der Waals surface area contributed by atoms with Crippen LogP contribution in [-0.2, 0) is 11.0 Å². The van der Waals surface area contributed by atoms with Crippen molar-refractivity contribution in [1.82, 2.24) is 15.2 Å². The maximum absolute atomic E-state index is 12.9. The maximum atomic E-state index is 12.9. The van der Waals surface area contributed by atoms with Crippen molar-refractivity contribution in [1.29, 1.82) is 0 Å². The maximum Gasteiger partial charge on any atom is 0.433 e. The number of amides is 3. The number of hydrogen-bond acceptors (Lipinski definition) is 4. The highest BCUT2D eigenvalue weighted by Gasteiger charge is 2.57. The predicted octanol–water partition coefficient (Wildman–Crippen LogP) is 2.01. The van der Waals surface area contributed by atoms with E-state index in [0.29, 0.717) is 32.5 Å². The Hall–Kier alpha value is -2.16. The van der Waals surface area contributed by atoms with Gasteiger partial charge in [0.15, 0.2) is 0 Å². The number of nitrogens with zero attached hydrogens (tertiary/aromatic N) is 3. The minimum Gasteiger partial charge on any atom is -0.317 e. The zero-order chi connectivity index (χ0) is 17.5. The Balaban J connectivity index is 1.96. The van der Waals surface area contributed by atoms with Gasteiger partial charge < -0.3 is 10.2 Å². The summed E-state index contributed by atoms with van der Waals surface area (Å²) in [5.41, 5.74) is -1.92. The number of carbonyl (C=O) groups is 2. The number of urea groups is 1. The number of hydrogen-bond donors (Lipinski definition) is 1. The number of carbonyl (C=O) groups excluding carboxylic acids is 2. The fourth-order valence-electron chi connectivity index (χ4n) is 3.39. The predicted molar refractivity (Wildman–Crippen MR) is 79.3 cm³/mol. The molecule has 130 valence electrons. The number of likely N-dealkylation sites (N-methyl/N-ethyl adjacent to an activating group) is 1. The molecule has 24 heavy (non-hydrogen) atoms. The van der Waals surface area contributed by atoms with E-state index in [-0.39, 0.29) is 5.69 Å². The van der Waals surface area contributed by atoms with Gasteiger partial charge in [-0.3, -0.25) is 4.79 Å². The van der Waals surface area contributed by atoms with Crippen LogP contribution in [0.15, 0.2) is 18.3 Å². The van der Waals surface area contributed by atoms with Crippen molar-refractivity contribution in [3.05, 3.63) is 24.0 Å². The summed E-state index contributed by atoms with van der Waals surface area (Å²) in [5, 5.41) is 3.15. The molecule has 0 unspecified atom stereocenters. The highest BCUT2D eigenvalue weighted by molar-refractivity contribution is 6.23. The van der Waals surface area contributed by atoms with E-state index in [1.807, 2.05) is 0 Å². The van der Waals surface area contributed by atoms with Crippen molar-refractivity contribution in [2.75, 3.05) is 24.5 Å². The molecule has 1 spiro atoms. The minimum atomic E-state index is -4.57. The van der Waals surface area contributed by atoms with E-state index >= 15 is 0 Å². The Morgan fingerprint density at radius 1 is 1.25 bits per heavy atom. The third kappa shape index (κ3) is 2.43. The molecule has 3 rings (SSSR count). The number of rotatable bonds is 2. The Morgan fingerprint density at radius 2 is 1.92 bits per heavy atom. The quantitative estimate of drug-likeness (QED) is 0.835. The van der Waals surface area contributed by atoms with Crippen LogP contribution in [0.2, 0.25) is 0 Å². The van der Waals surface area contributed by atoms with Gasteiger partial charge in [-0.05, 0) is 45.0 Å². The summed E-state index contributed by atoms with van der Waals surface area (Å²) in [7, 11) is 0. The van der Waals surface area contributed by atoms with Crippen molar-refractivity contribution >= 4 is 17.6 Å². The lowest BCUT2D eigenvalue weighted by Gasteiger charge is -2.37. The lowest BCUT2D eigenvalue weighted by atomic mass is 9.86. The number of piperidine rings is 1. The van der Waals surface area contributed by atoms with Gasteiger partial charge in [0, 0.05) is 6.54 Å². The van der Waals surface area contributed by atoms with Gasteiger partial charge in [-0.1, -0.05) is 0 Å². The molecule has 2 saturated heterocycles. The van der Waals surface area contributed by atoms with E-state index in [0.717, 1.165) is 23.2 Å². The van der Waals surface area contributed by atoms with Gasteiger partial charge in [0.1, 0.15) is 11.2 Å². The molecule has 2 fully saturated rings. The van der Waals surface area contributed by atoms with Gasteiger partial charge >= 0.3 is 12.2 Å². The largest absolute Gasteiger partial charge is 0.433 e. The molecular weight excluding hydrogens is 325 g/mol. The first kappa shape index (κ1) is 16.7. The van der Waals surface area contributed by atoms with Crippen LogP contribution in [0.5, 0.6) is 0 Å². The number of imide groups is 1. The molecular formula is C15H17F3N4O2. The Kier molecular flexibility index (Phi) is 3.98. The molecule has 3 amide bonds. The Labute approximate surface area is 136 Å². The van der Waals surface area contributed by atoms with Crippen molar-refractivity contribution in [2.24, 2.45) is 0 Å². The van der Waals surface area contributed by atoms with Gasteiger partial charge in [0.25, 0.3) is 5.91 Å². The summed E-state index contributed by atoms with van der Waals surface area (Å²) in [6.45, 7) is 3.35. The van der Waals surface area contributed by atoms with Crippen LogP contribution in [-0.4, -0.2) is 47.0 Å². The first-order valence-corrected chi connectivity index (χ1v) is 7.71. The van der Waals surface area contributed by atoms with Crippen LogP contribution in [0.25, 0.3) is 0 Å². The molecule has 2 aliphatic rings. The molecule has 3 heterocycles. The lowest BCUT2D eigenvalue weighted by Crippen LogP contribution is -2.55. The second kappa shape index (κ2) is 5.73.